The lowest BCUT2D eigenvalue weighted by Gasteiger charge is -2.28. The van der Waals surface area contributed by atoms with Crippen LogP contribution in [0.5, 0.6) is 0 Å². The second kappa shape index (κ2) is 13.6. The van der Waals surface area contributed by atoms with Gasteiger partial charge in [-0.2, -0.15) is 0 Å². The average Bonchev–Trinajstić information content (AvgIpc) is 3.56. The molecule has 0 aliphatic rings. The molecule has 0 aliphatic carbocycles. The lowest BCUT2D eigenvalue weighted by Crippen LogP contribution is -2.17. The molecule has 258 valence electrons. The van der Waals surface area contributed by atoms with Gasteiger partial charge in [0, 0.05) is 56.0 Å². The van der Waals surface area contributed by atoms with Gasteiger partial charge in [0.1, 0.15) is 0 Å². The summed E-state index contributed by atoms with van der Waals surface area (Å²) in [6, 6.07) is 58.4. The number of rotatable bonds is 8. The van der Waals surface area contributed by atoms with E-state index in [1.54, 1.807) is 0 Å². The minimum atomic E-state index is 0.770. The number of benzene rings is 8. The molecule has 0 saturated heterocycles. The fraction of sp³-hybridized carbons (Fsp3) is 0.120. The Morgan fingerprint density at radius 1 is 0.396 bits per heavy atom. The third-order valence-electron chi connectivity index (χ3n) is 10.8. The predicted octanol–water partition coefficient (Wildman–Crippen LogP) is 14.3. The van der Waals surface area contributed by atoms with Gasteiger partial charge in [0.15, 0.2) is 0 Å². The minimum absolute atomic E-state index is 0.770. The zero-order valence-electron chi connectivity index (χ0n) is 30.7. The summed E-state index contributed by atoms with van der Waals surface area (Å²) in [5, 5.41) is 7.98. The molecule has 2 nitrogen and oxygen atoms in total. The Kier molecular flexibility index (Phi) is 8.45. The van der Waals surface area contributed by atoms with Crippen LogP contribution in [0.25, 0.3) is 41.7 Å². The van der Waals surface area contributed by atoms with Crippen molar-refractivity contribution in [2.45, 2.75) is 40.8 Å². The van der Waals surface area contributed by atoms with Gasteiger partial charge in [-0.05, 0) is 120 Å². The highest BCUT2D eigenvalue weighted by molar-refractivity contribution is 7.26. The van der Waals surface area contributed by atoms with Crippen LogP contribution in [-0.4, -0.2) is 0 Å². The van der Waals surface area contributed by atoms with Crippen molar-refractivity contribution in [3.8, 4) is 0 Å². The molecule has 3 heteroatoms. The average molecular weight is 703 g/mol. The highest BCUT2D eigenvalue weighted by Crippen LogP contribution is 2.45. The molecule has 0 atom stereocenters. The van der Waals surface area contributed by atoms with Gasteiger partial charge in [-0.3, -0.25) is 0 Å². The maximum absolute atomic E-state index is 2.48. The first kappa shape index (κ1) is 33.0. The predicted molar refractivity (Wildman–Crippen MR) is 231 cm³/mol. The van der Waals surface area contributed by atoms with E-state index in [4.69, 9.17) is 0 Å². The summed E-state index contributed by atoms with van der Waals surface area (Å²) >= 11 is 1.93. The first-order chi connectivity index (χ1) is 25.9. The lowest BCUT2D eigenvalue weighted by molar-refractivity contribution is 0.978. The molecule has 0 N–H and O–H groups in total. The third kappa shape index (κ3) is 6.01. The van der Waals surface area contributed by atoms with Crippen molar-refractivity contribution in [1.29, 1.82) is 0 Å². The van der Waals surface area contributed by atoms with E-state index in [0.717, 1.165) is 13.1 Å². The molecular formula is C50H42N2S. The summed E-state index contributed by atoms with van der Waals surface area (Å²) in [7, 11) is 0. The van der Waals surface area contributed by atoms with E-state index in [0.29, 0.717) is 0 Å². The molecular weight excluding hydrogens is 661 g/mol. The first-order valence-electron chi connectivity index (χ1n) is 18.5. The van der Waals surface area contributed by atoms with Crippen molar-refractivity contribution < 1.29 is 0 Å². The normalized spacial score (nSPS) is 11.5. The molecule has 9 aromatic rings. The van der Waals surface area contributed by atoms with Crippen LogP contribution in [0.3, 0.4) is 0 Å². The first-order valence-corrected chi connectivity index (χ1v) is 19.3. The summed E-state index contributed by atoms with van der Waals surface area (Å²) in [4.78, 5) is 4.96. The Morgan fingerprint density at radius 3 is 1.15 bits per heavy atom. The highest BCUT2D eigenvalue weighted by atomic mass is 32.1. The van der Waals surface area contributed by atoms with E-state index in [1.165, 1.54) is 97.8 Å². The molecule has 0 fully saturated rings. The standard InChI is InChI=1S/C50H42N2S/c1-33-21-25-39(26-22-33)51(45-19-11-5-13-35(45)3)31-37-29-47-49(43-17-9-7-15-41(37)43)50-44-18-10-8-16-42(44)38(30-48(50)53-47)32-52(40-27-23-34(2)24-28-40)46-20-12-6-14-36(46)4/h5-30H,31-32H2,1-4H3. The van der Waals surface area contributed by atoms with Crippen LogP contribution in [0.15, 0.2) is 158 Å². The maximum Gasteiger partial charge on any atom is 0.0488 e. The fourth-order valence-electron chi connectivity index (χ4n) is 8.05. The molecule has 0 aliphatic heterocycles. The summed E-state index contributed by atoms with van der Waals surface area (Å²) < 4.78 is 2.66. The Hall–Kier alpha value is -5.90. The third-order valence-corrected chi connectivity index (χ3v) is 11.9. The van der Waals surface area contributed by atoms with E-state index in [-0.39, 0.29) is 0 Å². The van der Waals surface area contributed by atoms with Crippen molar-refractivity contribution in [3.05, 3.63) is 191 Å². The van der Waals surface area contributed by atoms with Crippen molar-refractivity contribution in [1.82, 2.24) is 0 Å². The van der Waals surface area contributed by atoms with Gasteiger partial charge < -0.3 is 9.80 Å². The van der Waals surface area contributed by atoms with Gasteiger partial charge in [-0.15, -0.1) is 11.3 Å². The van der Waals surface area contributed by atoms with Crippen molar-refractivity contribution in [2.75, 3.05) is 9.80 Å². The van der Waals surface area contributed by atoms with Crippen molar-refractivity contribution >= 4 is 75.8 Å². The number of nitrogens with zero attached hydrogens (tertiary/aromatic N) is 2. The number of hydrogen-bond donors (Lipinski definition) is 0. The zero-order chi connectivity index (χ0) is 36.1. The van der Waals surface area contributed by atoms with Gasteiger partial charge in [0.05, 0.1) is 0 Å². The molecule has 1 heterocycles. The molecule has 0 bridgehead atoms. The van der Waals surface area contributed by atoms with E-state index >= 15 is 0 Å². The summed E-state index contributed by atoms with van der Waals surface area (Å²) in [6.45, 7) is 10.3. The quantitative estimate of drug-likeness (QED) is 0.156. The van der Waals surface area contributed by atoms with Crippen LogP contribution in [0.2, 0.25) is 0 Å². The molecule has 0 saturated carbocycles. The van der Waals surface area contributed by atoms with Crippen LogP contribution >= 0.6 is 11.3 Å². The van der Waals surface area contributed by atoms with E-state index in [1.807, 2.05) is 11.3 Å². The number of aryl methyl sites for hydroxylation is 4. The smallest absolute Gasteiger partial charge is 0.0488 e. The molecule has 9 rings (SSSR count). The number of anilines is 4. The molecule has 0 unspecified atom stereocenters. The van der Waals surface area contributed by atoms with Gasteiger partial charge in [0.25, 0.3) is 0 Å². The Balaban J connectivity index is 1.24. The van der Waals surface area contributed by atoms with Crippen molar-refractivity contribution in [2.24, 2.45) is 0 Å². The molecule has 8 aromatic carbocycles. The van der Waals surface area contributed by atoms with Crippen molar-refractivity contribution in [3.63, 3.8) is 0 Å². The van der Waals surface area contributed by atoms with E-state index < -0.39 is 0 Å². The van der Waals surface area contributed by atoms with Crippen LogP contribution in [-0.2, 0) is 13.1 Å². The van der Waals surface area contributed by atoms with E-state index in [9.17, 15) is 0 Å². The van der Waals surface area contributed by atoms with Gasteiger partial charge in [-0.25, -0.2) is 0 Å². The Bertz CT molecular complexity index is 2580. The zero-order valence-corrected chi connectivity index (χ0v) is 31.5. The minimum Gasteiger partial charge on any atom is -0.337 e. The number of hydrogen-bond acceptors (Lipinski definition) is 3. The molecule has 0 amide bonds. The molecule has 0 spiro atoms. The summed E-state index contributed by atoms with van der Waals surface area (Å²) in [6.07, 6.45) is 0. The second-order valence-corrected chi connectivity index (χ2v) is 15.5. The Morgan fingerprint density at radius 2 is 0.755 bits per heavy atom. The van der Waals surface area contributed by atoms with Crippen LogP contribution in [0, 0.1) is 27.7 Å². The summed E-state index contributed by atoms with van der Waals surface area (Å²) in [5.41, 5.74) is 12.6. The van der Waals surface area contributed by atoms with Crippen LogP contribution < -0.4 is 9.80 Å². The topological polar surface area (TPSA) is 6.48 Å². The maximum atomic E-state index is 2.48. The number of thiophene rings is 1. The van der Waals surface area contributed by atoms with E-state index in [2.05, 4.69) is 195 Å². The Labute approximate surface area is 316 Å². The molecule has 53 heavy (non-hydrogen) atoms. The van der Waals surface area contributed by atoms with Gasteiger partial charge in [0.2, 0.25) is 0 Å². The largest absolute Gasteiger partial charge is 0.337 e. The second-order valence-electron chi connectivity index (χ2n) is 14.4. The lowest BCUT2D eigenvalue weighted by atomic mass is 9.94. The summed E-state index contributed by atoms with van der Waals surface area (Å²) in [5.74, 6) is 0. The molecule has 0 radical (unpaired) electrons. The number of para-hydroxylation sites is 2. The monoisotopic (exact) mass is 702 g/mol. The SMILES string of the molecule is Cc1ccc(N(Cc2cc3sc4cc(CN(c5ccc(C)cc5)c5ccccc5C)c5ccccc5c4c3c3ccccc23)c2ccccc2C)cc1. The van der Waals surface area contributed by atoms with Crippen LogP contribution in [0.4, 0.5) is 22.7 Å². The molecule has 1 aromatic heterocycles. The van der Waals surface area contributed by atoms with Gasteiger partial charge in [-0.1, -0.05) is 120 Å². The van der Waals surface area contributed by atoms with Gasteiger partial charge >= 0.3 is 0 Å². The highest BCUT2D eigenvalue weighted by Gasteiger charge is 2.21. The number of fused-ring (bicyclic) bond motifs is 7. The fourth-order valence-corrected chi connectivity index (χ4v) is 9.32. The van der Waals surface area contributed by atoms with Crippen LogP contribution in [0.1, 0.15) is 33.4 Å².